The van der Waals surface area contributed by atoms with E-state index in [0.717, 1.165) is 27.9 Å². The Morgan fingerprint density at radius 1 is 1.33 bits per heavy atom. The van der Waals surface area contributed by atoms with E-state index in [1.165, 1.54) is 6.92 Å². The number of benzene rings is 1. The van der Waals surface area contributed by atoms with Crippen LogP contribution in [-0.4, -0.2) is 65.1 Å². The normalized spacial score (nSPS) is 20.5. The van der Waals surface area contributed by atoms with Gasteiger partial charge in [0.25, 0.3) is 0 Å². The maximum atomic E-state index is 12.3. The second kappa shape index (κ2) is 6.27. The number of rotatable bonds is 3. The fourth-order valence-electron chi connectivity index (χ4n) is 4.68. The number of aliphatic hydroxyl groups is 1. The lowest BCUT2D eigenvalue weighted by molar-refractivity contribution is -0.144. The maximum Gasteiger partial charge on any atom is 0.222 e. The molecule has 144 valence electrons. The number of aromatic amines is 1. The largest absolute Gasteiger partial charge is 0.497 e. The van der Waals surface area contributed by atoms with Crippen molar-refractivity contribution >= 4 is 22.7 Å². The van der Waals surface area contributed by atoms with Gasteiger partial charge in [0.1, 0.15) is 5.75 Å². The van der Waals surface area contributed by atoms with E-state index in [1.54, 1.807) is 12.0 Å². The Hall–Kier alpha value is -2.54. The number of nitrogens with zero attached hydrogens (tertiary/aromatic N) is 2. The average Bonchev–Trinajstić information content (AvgIpc) is 3.02. The number of carbonyl (C=O) groups is 2. The zero-order valence-electron chi connectivity index (χ0n) is 15.9. The Morgan fingerprint density at radius 2 is 2.07 bits per heavy atom. The number of fused-ring (bicyclic) bond motifs is 4. The fourth-order valence-corrected chi connectivity index (χ4v) is 4.68. The van der Waals surface area contributed by atoms with Gasteiger partial charge in [-0.2, -0.15) is 0 Å². The minimum absolute atomic E-state index is 0.0735. The first kappa shape index (κ1) is 17.9. The third-order valence-corrected chi connectivity index (χ3v) is 5.97. The van der Waals surface area contributed by atoms with Gasteiger partial charge in [-0.25, -0.2) is 0 Å². The zero-order valence-corrected chi connectivity index (χ0v) is 15.9. The van der Waals surface area contributed by atoms with Crippen LogP contribution in [-0.2, 0) is 15.0 Å². The third-order valence-electron chi connectivity index (χ3n) is 5.97. The highest BCUT2D eigenvalue weighted by atomic mass is 16.5. The van der Waals surface area contributed by atoms with E-state index in [9.17, 15) is 14.7 Å². The monoisotopic (exact) mass is 371 g/mol. The van der Waals surface area contributed by atoms with Crippen molar-refractivity contribution in [2.24, 2.45) is 0 Å². The Balaban J connectivity index is 1.87. The molecule has 2 aromatic rings. The van der Waals surface area contributed by atoms with Crippen molar-refractivity contribution in [1.82, 2.24) is 14.8 Å². The predicted octanol–water partition coefficient (Wildman–Crippen LogP) is 1.56. The average molecular weight is 371 g/mol. The van der Waals surface area contributed by atoms with Crippen molar-refractivity contribution < 1.29 is 19.4 Å². The highest BCUT2D eigenvalue weighted by Gasteiger charge is 2.54. The van der Waals surface area contributed by atoms with Crippen molar-refractivity contribution in [1.29, 1.82) is 0 Å². The van der Waals surface area contributed by atoms with Gasteiger partial charge in [0.2, 0.25) is 11.8 Å². The van der Waals surface area contributed by atoms with Crippen molar-refractivity contribution in [3.8, 4) is 5.75 Å². The Bertz CT molecular complexity index is 913. The van der Waals surface area contributed by atoms with Gasteiger partial charge in [-0.15, -0.1) is 0 Å². The molecule has 0 unspecified atom stereocenters. The van der Waals surface area contributed by atoms with Crippen LogP contribution in [0.5, 0.6) is 5.75 Å². The van der Waals surface area contributed by atoms with Gasteiger partial charge in [-0.1, -0.05) is 6.92 Å². The van der Waals surface area contributed by atoms with Crippen LogP contribution < -0.4 is 4.74 Å². The molecule has 3 heterocycles. The smallest absolute Gasteiger partial charge is 0.222 e. The topological polar surface area (TPSA) is 85.9 Å². The Labute approximate surface area is 157 Å². The number of likely N-dealkylation sites (tertiary alicyclic amines) is 1. The predicted molar refractivity (Wildman–Crippen MR) is 101 cm³/mol. The van der Waals surface area contributed by atoms with E-state index in [4.69, 9.17) is 4.74 Å². The molecule has 2 aliphatic heterocycles. The second-order valence-electron chi connectivity index (χ2n) is 7.55. The summed E-state index contributed by atoms with van der Waals surface area (Å²) < 4.78 is 5.34. The molecule has 0 aliphatic carbocycles. The summed E-state index contributed by atoms with van der Waals surface area (Å²) in [5.74, 6) is 0.799. The van der Waals surface area contributed by atoms with Crippen molar-refractivity contribution in [2.75, 3.05) is 33.4 Å². The molecular formula is C20H25N3O4. The standard InChI is InChI=1S/C20H25N3O4/c1-4-17(26)22-9-20(10-22)11-23(12(2)25)16(8-24)19-18(20)14-6-5-13(27-3)7-15(14)21-19/h5-7,16,21,24H,4,8-11H2,1-3H3/t16-/m0/s1. The number of aromatic nitrogens is 1. The highest BCUT2D eigenvalue weighted by Crippen LogP contribution is 2.48. The molecule has 1 atom stereocenters. The number of hydrogen-bond acceptors (Lipinski definition) is 4. The third kappa shape index (κ3) is 2.52. The first-order valence-corrected chi connectivity index (χ1v) is 9.30. The minimum Gasteiger partial charge on any atom is -0.497 e. The van der Waals surface area contributed by atoms with E-state index in [-0.39, 0.29) is 23.8 Å². The van der Waals surface area contributed by atoms with E-state index in [1.807, 2.05) is 30.0 Å². The van der Waals surface area contributed by atoms with Crippen LogP contribution in [0.15, 0.2) is 18.2 Å². The molecule has 0 bridgehead atoms. The number of aliphatic hydroxyl groups excluding tert-OH is 1. The van der Waals surface area contributed by atoms with Crippen LogP contribution in [0, 0.1) is 0 Å². The van der Waals surface area contributed by atoms with Crippen molar-refractivity contribution in [3.05, 3.63) is 29.5 Å². The molecule has 0 radical (unpaired) electrons. The van der Waals surface area contributed by atoms with Gasteiger partial charge in [-0.05, 0) is 17.7 Å². The molecule has 2 N–H and O–H groups in total. The molecule has 1 spiro atoms. The van der Waals surface area contributed by atoms with Crippen LogP contribution in [0.2, 0.25) is 0 Å². The summed E-state index contributed by atoms with van der Waals surface area (Å²) in [5.41, 5.74) is 2.61. The molecule has 0 saturated carbocycles. The van der Waals surface area contributed by atoms with E-state index in [0.29, 0.717) is 26.1 Å². The summed E-state index contributed by atoms with van der Waals surface area (Å²) in [6.45, 7) is 4.93. The first-order chi connectivity index (χ1) is 12.9. The van der Waals surface area contributed by atoms with Crippen LogP contribution in [0.4, 0.5) is 0 Å². The van der Waals surface area contributed by atoms with Crippen LogP contribution >= 0.6 is 0 Å². The zero-order chi connectivity index (χ0) is 19.3. The summed E-state index contributed by atoms with van der Waals surface area (Å²) >= 11 is 0. The molecule has 1 saturated heterocycles. The fraction of sp³-hybridized carbons (Fsp3) is 0.500. The molecule has 1 aromatic carbocycles. The quantitative estimate of drug-likeness (QED) is 0.857. The summed E-state index contributed by atoms with van der Waals surface area (Å²) in [4.78, 5) is 31.4. The Kier molecular flexibility index (Phi) is 4.14. The number of hydrogen-bond donors (Lipinski definition) is 2. The molecule has 1 fully saturated rings. The van der Waals surface area contributed by atoms with E-state index < -0.39 is 6.04 Å². The number of amides is 2. The number of nitrogens with one attached hydrogen (secondary N) is 1. The lowest BCUT2D eigenvalue weighted by Gasteiger charge is -2.56. The lowest BCUT2D eigenvalue weighted by atomic mass is 9.68. The number of ether oxygens (including phenoxy) is 1. The van der Waals surface area contributed by atoms with E-state index in [2.05, 4.69) is 4.98 Å². The number of methoxy groups -OCH3 is 1. The molecule has 2 aliphatic rings. The minimum atomic E-state index is -0.405. The molecule has 1 aromatic heterocycles. The molecule has 7 nitrogen and oxygen atoms in total. The van der Waals surface area contributed by atoms with Gasteiger partial charge in [-0.3, -0.25) is 9.59 Å². The summed E-state index contributed by atoms with van der Waals surface area (Å²) in [5, 5.41) is 11.1. The summed E-state index contributed by atoms with van der Waals surface area (Å²) in [7, 11) is 1.62. The van der Waals surface area contributed by atoms with Gasteiger partial charge < -0.3 is 24.6 Å². The Morgan fingerprint density at radius 3 is 2.67 bits per heavy atom. The summed E-state index contributed by atoms with van der Waals surface area (Å²) in [6.07, 6.45) is 0.476. The number of carbonyl (C=O) groups excluding carboxylic acids is 2. The molecule has 4 rings (SSSR count). The molecular weight excluding hydrogens is 346 g/mol. The van der Waals surface area contributed by atoms with Gasteiger partial charge in [0.05, 0.1) is 25.2 Å². The van der Waals surface area contributed by atoms with Crippen molar-refractivity contribution in [3.63, 3.8) is 0 Å². The first-order valence-electron chi connectivity index (χ1n) is 9.30. The van der Waals surface area contributed by atoms with Crippen LogP contribution in [0.25, 0.3) is 10.9 Å². The van der Waals surface area contributed by atoms with Gasteiger partial charge in [0.15, 0.2) is 0 Å². The van der Waals surface area contributed by atoms with E-state index >= 15 is 0 Å². The summed E-state index contributed by atoms with van der Waals surface area (Å²) in [6, 6.07) is 5.47. The second-order valence-corrected chi connectivity index (χ2v) is 7.55. The lowest BCUT2D eigenvalue weighted by Crippen LogP contribution is -2.67. The molecule has 7 heteroatoms. The van der Waals surface area contributed by atoms with Crippen molar-refractivity contribution in [2.45, 2.75) is 31.7 Å². The number of H-pyrrole nitrogens is 1. The molecule has 27 heavy (non-hydrogen) atoms. The van der Waals surface area contributed by atoms with Crippen LogP contribution in [0.1, 0.15) is 37.6 Å². The maximum absolute atomic E-state index is 12.3. The van der Waals surface area contributed by atoms with Crippen LogP contribution in [0.3, 0.4) is 0 Å². The highest BCUT2D eigenvalue weighted by molar-refractivity contribution is 5.89. The van der Waals surface area contributed by atoms with Gasteiger partial charge >= 0.3 is 0 Å². The molecule has 2 amide bonds. The SMILES string of the molecule is CCC(=O)N1CC2(C1)CN(C(C)=O)[C@@H](CO)c1[nH]c3cc(OC)ccc3c12. The van der Waals surface area contributed by atoms with Gasteiger partial charge in [0, 0.05) is 55.6 Å².